The molecule has 2 aromatic rings. The Hall–Kier alpha value is -1.31. The molecule has 1 nitrogen and oxygen atoms in total. The molecule has 0 bridgehead atoms. The van der Waals surface area contributed by atoms with Crippen molar-refractivity contribution in [2.75, 3.05) is 0 Å². The van der Waals surface area contributed by atoms with Crippen molar-refractivity contribution in [3.63, 3.8) is 0 Å². The van der Waals surface area contributed by atoms with E-state index in [0.717, 1.165) is 23.3 Å². The van der Waals surface area contributed by atoms with Gasteiger partial charge in [0.25, 0.3) is 0 Å². The summed E-state index contributed by atoms with van der Waals surface area (Å²) in [5.74, 6) is 0. The van der Waals surface area contributed by atoms with E-state index in [-0.39, 0.29) is 0 Å². The Morgan fingerprint density at radius 2 is 2.00 bits per heavy atom. The molecule has 0 amide bonds. The zero-order valence-electron chi connectivity index (χ0n) is 10.0. The van der Waals surface area contributed by atoms with Crippen LogP contribution in [0, 0.1) is 0 Å². The highest BCUT2D eigenvalue weighted by atomic mass is 35.5. The van der Waals surface area contributed by atoms with E-state index in [1.165, 1.54) is 0 Å². The molecule has 0 spiro atoms. The number of hydrogen-bond donors (Lipinski definition) is 0. The molecule has 1 heterocycles. The molecule has 0 aliphatic carbocycles. The van der Waals surface area contributed by atoms with Gasteiger partial charge in [0.2, 0.25) is 0 Å². The Morgan fingerprint density at radius 1 is 1.17 bits per heavy atom. The molecule has 3 heteroatoms. The van der Waals surface area contributed by atoms with Crippen molar-refractivity contribution in [1.29, 1.82) is 0 Å². The zero-order valence-corrected chi connectivity index (χ0v) is 11.5. The fourth-order valence-corrected chi connectivity index (χ4v) is 2.06. The standard InChI is InChI=1S/C15H13Cl2N/c1-2-5-12(15-6-3-4-9-18-15)11-7-8-13(16)14(17)10-11/h3-10H,2H2,1H3/b12-5+. The van der Waals surface area contributed by atoms with Gasteiger partial charge in [-0.25, -0.2) is 0 Å². The molecule has 0 radical (unpaired) electrons. The second-order valence-corrected chi connectivity index (χ2v) is 4.68. The maximum Gasteiger partial charge on any atom is 0.0704 e. The van der Waals surface area contributed by atoms with E-state index in [0.29, 0.717) is 10.0 Å². The maximum absolute atomic E-state index is 6.07. The summed E-state index contributed by atoms with van der Waals surface area (Å²) in [4.78, 5) is 4.38. The van der Waals surface area contributed by atoms with Gasteiger partial charge in [-0.2, -0.15) is 0 Å². The van der Waals surface area contributed by atoms with Crippen molar-refractivity contribution < 1.29 is 0 Å². The van der Waals surface area contributed by atoms with E-state index in [4.69, 9.17) is 23.2 Å². The van der Waals surface area contributed by atoms with Crippen LogP contribution < -0.4 is 0 Å². The smallest absolute Gasteiger partial charge is 0.0704 e. The van der Waals surface area contributed by atoms with Crippen molar-refractivity contribution in [3.8, 4) is 0 Å². The van der Waals surface area contributed by atoms with Gasteiger partial charge in [0, 0.05) is 11.8 Å². The largest absolute Gasteiger partial charge is 0.256 e. The number of rotatable bonds is 3. The van der Waals surface area contributed by atoms with E-state index in [1.807, 2.05) is 36.4 Å². The number of halogens is 2. The number of benzene rings is 1. The third kappa shape index (κ3) is 2.92. The molecule has 0 saturated heterocycles. The number of allylic oxidation sites excluding steroid dienone is 1. The van der Waals surface area contributed by atoms with E-state index in [2.05, 4.69) is 18.0 Å². The Kier molecular flexibility index (Phi) is 4.40. The summed E-state index contributed by atoms with van der Waals surface area (Å²) in [5, 5.41) is 1.13. The summed E-state index contributed by atoms with van der Waals surface area (Å²) in [6, 6.07) is 11.5. The van der Waals surface area contributed by atoms with Gasteiger partial charge in [-0.1, -0.05) is 48.3 Å². The second-order valence-electron chi connectivity index (χ2n) is 3.87. The predicted octanol–water partition coefficient (Wildman–Crippen LogP) is 5.23. The van der Waals surface area contributed by atoms with Crippen LogP contribution in [0.1, 0.15) is 24.6 Å². The molecule has 1 aromatic carbocycles. The molecule has 0 fully saturated rings. The minimum Gasteiger partial charge on any atom is -0.256 e. The van der Waals surface area contributed by atoms with Gasteiger partial charge in [0.05, 0.1) is 15.7 Å². The van der Waals surface area contributed by atoms with Crippen molar-refractivity contribution in [1.82, 2.24) is 4.98 Å². The van der Waals surface area contributed by atoms with Crippen LogP contribution in [0.15, 0.2) is 48.7 Å². The van der Waals surface area contributed by atoms with Crippen molar-refractivity contribution in [3.05, 3.63) is 70.0 Å². The molecule has 0 aliphatic heterocycles. The summed E-state index contributed by atoms with van der Waals surface area (Å²) in [5.41, 5.74) is 3.05. The number of aromatic nitrogens is 1. The lowest BCUT2D eigenvalue weighted by Gasteiger charge is -2.08. The third-order valence-corrected chi connectivity index (χ3v) is 3.32. The molecular weight excluding hydrogens is 265 g/mol. The highest BCUT2D eigenvalue weighted by molar-refractivity contribution is 6.42. The van der Waals surface area contributed by atoms with Gasteiger partial charge < -0.3 is 0 Å². The average Bonchev–Trinajstić information content (AvgIpc) is 2.40. The summed E-state index contributed by atoms with van der Waals surface area (Å²) in [7, 11) is 0. The first kappa shape index (κ1) is 13.1. The van der Waals surface area contributed by atoms with Crippen LogP contribution in [0.25, 0.3) is 5.57 Å². The van der Waals surface area contributed by atoms with Gasteiger partial charge in [0.1, 0.15) is 0 Å². The van der Waals surface area contributed by atoms with Crippen molar-refractivity contribution in [2.45, 2.75) is 13.3 Å². The molecule has 92 valence electrons. The lowest BCUT2D eigenvalue weighted by atomic mass is 10.0. The highest BCUT2D eigenvalue weighted by Gasteiger charge is 2.07. The summed E-state index contributed by atoms with van der Waals surface area (Å²) in [6.45, 7) is 2.10. The lowest BCUT2D eigenvalue weighted by molar-refractivity contribution is 1.20. The van der Waals surface area contributed by atoms with Crippen LogP contribution in [0.4, 0.5) is 0 Å². The quantitative estimate of drug-likeness (QED) is 0.749. The van der Waals surface area contributed by atoms with Crippen LogP contribution >= 0.6 is 23.2 Å². The molecule has 2 rings (SSSR count). The van der Waals surface area contributed by atoms with Crippen LogP contribution in [0.2, 0.25) is 10.0 Å². The van der Waals surface area contributed by atoms with E-state index < -0.39 is 0 Å². The fourth-order valence-electron chi connectivity index (χ4n) is 1.76. The molecular formula is C15H13Cl2N. The van der Waals surface area contributed by atoms with Crippen molar-refractivity contribution >= 4 is 28.8 Å². The molecule has 0 saturated carbocycles. The molecule has 18 heavy (non-hydrogen) atoms. The number of nitrogens with zero attached hydrogens (tertiary/aromatic N) is 1. The minimum absolute atomic E-state index is 0.562. The predicted molar refractivity (Wildman–Crippen MR) is 78.1 cm³/mol. The van der Waals surface area contributed by atoms with Gasteiger partial charge in [-0.05, 0) is 36.2 Å². The summed E-state index contributed by atoms with van der Waals surface area (Å²) < 4.78 is 0. The first-order valence-corrected chi connectivity index (χ1v) is 6.55. The van der Waals surface area contributed by atoms with E-state index >= 15 is 0 Å². The minimum atomic E-state index is 0.562. The fraction of sp³-hybridized carbons (Fsp3) is 0.133. The molecule has 0 N–H and O–H groups in total. The van der Waals surface area contributed by atoms with E-state index in [1.54, 1.807) is 6.20 Å². The van der Waals surface area contributed by atoms with Gasteiger partial charge in [-0.3, -0.25) is 4.98 Å². The topological polar surface area (TPSA) is 12.9 Å². The first-order valence-electron chi connectivity index (χ1n) is 5.79. The normalized spacial score (nSPS) is 11.6. The Labute approximate surface area is 117 Å². The highest BCUT2D eigenvalue weighted by Crippen LogP contribution is 2.29. The van der Waals surface area contributed by atoms with Crippen molar-refractivity contribution in [2.24, 2.45) is 0 Å². The van der Waals surface area contributed by atoms with Gasteiger partial charge >= 0.3 is 0 Å². The van der Waals surface area contributed by atoms with Gasteiger partial charge in [-0.15, -0.1) is 0 Å². The van der Waals surface area contributed by atoms with Crippen LogP contribution in [0.3, 0.4) is 0 Å². The Morgan fingerprint density at radius 3 is 2.61 bits per heavy atom. The Bertz CT molecular complexity index is 562. The summed E-state index contributed by atoms with van der Waals surface area (Å²) in [6.07, 6.45) is 4.87. The van der Waals surface area contributed by atoms with Crippen LogP contribution in [0.5, 0.6) is 0 Å². The molecule has 0 aliphatic rings. The number of hydrogen-bond acceptors (Lipinski definition) is 1. The lowest BCUT2D eigenvalue weighted by Crippen LogP contribution is -1.91. The average molecular weight is 278 g/mol. The molecule has 0 unspecified atom stereocenters. The first-order chi connectivity index (χ1) is 8.72. The third-order valence-electron chi connectivity index (χ3n) is 2.58. The molecule has 1 aromatic heterocycles. The number of pyridine rings is 1. The van der Waals surface area contributed by atoms with Crippen LogP contribution in [-0.4, -0.2) is 4.98 Å². The van der Waals surface area contributed by atoms with Gasteiger partial charge in [0.15, 0.2) is 0 Å². The van der Waals surface area contributed by atoms with Crippen LogP contribution in [-0.2, 0) is 0 Å². The Balaban J connectivity index is 2.49. The van der Waals surface area contributed by atoms with E-state index in [9.17, 15) is 0 Å². The summed E-state index contributed by atoms with van der Waals surface area (Å²) >= 11 is 12.0. The zero-order chi connectivity index (χ0) is 13.0. The SMILES string of the molecule is CC/C=C(\c1ccc(Cl)c(Cl)c1)c1ccccn1. The second kappa shape index (κ2) is 6.03. The monoisotopic (exact) mass is 277 g/mol. The maximum atomic E-state index is 6.07. The molecule has 0 atom stereocenters.